The van der Waals surface area contributed by atoms with Crippen LogP contribution in [0.15, 0.2) is 0 Å². The fourth-order valence-corrected chi connectivity index (χ4v) is 2.76. The summed E-state index contributed by atoms with van der Waals surface area (Å²) >= 11 is 0. The fourth-order valence-electron chi connectivity index (χ4n) is 2.76. The van der Waals surface area contributed by atoms with Gasteiger partial charge in [0.2, 0.25) is 0 Å². The van der Waals surface area contributed by atoms with E-state index in [2.05, 4.69) is 41.1 Å². The fraction of sp³-hybridized carbons (Fsp3) is 0.714. The van der Waals surface area contributed by atoms with Gasteiger partial charge in [-0.1, -0.05) is 6.92 Å². The van der Waals surface area contributed by atoms with Crippen molar-refractivity contribution >= 4 is 11.6 Å². The Labute approximate surface area is 121 Å². The van der Waals surface area contributed by atoms with Crippen LogP contribution < -0.4 is 16.2 Å². The highest BCUT2D eigenvalue weighted by atomic mass is 15.3. The van der Waals surface area contributed by atoms with Gasteiger partial charge in [-0.15, -0.1) is 0 Å². The first-order valence-electron chi connectivity index (χ1n) is 7.36. The van der Waals surface area contributed by atoms with Crippen LogP contribution in [0, 0.1) is 6.92 Å². The van der Waals surface area contributed by atoms with Crippen molar-refractivity contribution < 1.29 is 0 Å². The van der Waals surface area contributed by atoms with Crippen molar-refractivity contribution in [2.75, 3.05) is 37.0 Å². The summed E-state index contributed by atoms with van der Waals surface area (Å²) in [5.41, 5.74) is 3.74. The third kappa shape index (κ3) is 3.02. The maximum Gasteiger partial charge on any atom is 0.148 e. The molecule has 1 atom stereocenters. The number of aromatic nitrogens is 2. The SMILES string of the molecule is CCCc1nc(NN)c(C)c(N2CCN(C)CC2C)n1. The van der Waals surface area contributed by atoms with Crippen LogP contribution in [0.25, 0.3) is 0 Å². The predicted molar refractivity (Wildman–Crippen MR) is 82.9 cm³/mol. The number of nitrogens with zero attached hydrogens (tertiary/aromatic N) is 4. The van der Waals surface area contributed by atoms with Gasteiger partial charge in [-0.05, 0) is 27.3 Å². The molecule has 0 aromatic carbocycles. The lowest BCUT2D eigenvalue weighted by Gasteiger charge is -2.39. The highest BCUT2D eigenvalue weighted by molar-refractivity contribution is 5.59. The van der Waals surface area contributed by atoms with Crippen molar-refractivity contribution in [3.05, 3.63) is 11.4 Å². The van der Waals surface area contributed by atoms with Crippen molar-refractivity contribution in [1.82, 2.24) is 14.9 Å². The zero-order chi connectivity index (χ0) is 14.7. The molecule has 1 aliphatic rings. The summed E-state index contributed by atoms with van der Waals surface area (Å²) in [4.78, 5) is 14.0. The molecule has 1 aromatic rings. The molecule has 2 heterocycles. The lowest BCUT2D eigenvalue weighted by Crippen LogP contribution is -2.51. The first-order chi connectivity index (χ1) is 9.56. The molecular formula is C14H26N6. The van der Waals surface area contributed by atoms with Crippen LogP contribution in [0.5, 0.6) is 0 Å². The van der Waals surface area contributed by atoms with E-state index in [1.165, 1.54) is 0 Å². The minimum Gasteiger partial charge on any atom is -0.351 e. The molecule has 0 bridgehead atoms. The Morgan fingerprint density at radius 1 is 1.35 bits per heavy atom. The molecule has 0 amide bonds. The first-order valence-corrected chi connectivity index (χ1v) is 7.36. The van der Waals surface area contributed by atoms with Gasteiger partial charge in [0.25, 0.3) is 0 Å². The van der Waals surface area contributed by atoms with E-state index < -0.39 is 0 Å². The summed E-state index contributed by atoms with van der Waals surface area (Å²) in [7, 11) is 2.16. The lowest BCUT2D eigenvalue weighted by molar-refractivity contribution is 0.274. The number of rotatable bonds is 4. The molecular weight excluding hydrogens is 252 g/mol. The van der Waals surface area contributed by atoms with Gasteiger partial charge in [0.05, 0.1) is 0 Å². The Balaban J connectivity index is 2.36. The van der Waals surface area contributed by atoms with E-state index in [0.29, 0.717) is 6.04 Å². The second-order valence-electron chi connectivity index (χ2n) is 5.64. The molecule has 0 spiro atoms. The zero-order valence-corrected chi connectivity index (χ0v) is 13.0. The molecule has 1 fully saturated rings. The summed E-state index contributed by atoms with van der Waals surface area (Å²) in [6, 6.07) is 0.447. The normalized spacial score (nSPS) is 20.2. The molecule has 1 unspecified atom stereocenters. The van der Waals surface area contributed by atoms with Crippen molar-refractivity contribution in [3.63, 3.8) is 0 Å². The van der Waals surface area contributed by atoms with E-state index in [1.54, 1.807) is 0 Å². The smallest absolute Gasteiger partial charge is 0.148 e. The number of hydrogen-bond donors (Lipinski definition) is 2. The third-order valence-corrected chi connectivity index (χ3v) is 3.88. The van der Waals surface area contributed by atoms with Crippen LogP contribution in [0.1, 0.15) is 31.7 Å². The van der Waals surface area contributed by atoms with Crippen molar-refractivity contribution in [2.24, 2.45) is 5.84 Å². The first kappa shape index (κ1) is 15.0. The zero-order valence-electron chi connectivity index (χ0n) is 13.0. The lowest BCUT2D eigenvalue weighted by atomic mass is 10.1. The second-order valence-corrected chi connectivity index (χ2v) is 5.64. The number of piperazine rings is 1. The Kier molecular flexibility index (Phi) is 4.77. The average molecular weight is 278 g/mol. The summed E-state index contributed by atoms with van der Waals surface area (Å²) in [6.07, 6.45) is 1.91. The molecule has 0 aliphatic carbocycles. The summed E-state index contributed by atoms with van der Waals surface area (Å²) < 4.78 is 0. The molecule has 6 heteroatoms. The number of anilines is 2. The van der Waals surface area contributed by atoms with E-state index >= 15 is 0 Å². The molecule has 3 N–H and O–H groups in total. The van der Waals surface area contributed by atoms with Crippen molar-refractivity contribution in [3.8, 4) is 0 Å². The number of nitrogens with two attached hydrogens (primary N) is 1. The van der Waals surface area contributed by atoms with Gasteiger partial charge >= 0.3 is 0 Å². The average Bonchev–Trinajstić information content (AvgIpc) is 2.41. The number of hydrazine groups is 1. The standard InChI is InChI=1S/C14H26N6/c1-5-6-12-16-13(18-15)11(3)14(17-12)20-8-7-19(4)9-10(20)2/h10H,5-9,15H2,1-4H3,(H,16,17,18). The quantitative estimate of drug-likeness (QED) is 0.636. The number of nitrogens with one attached hydrogen (secondary N) is 1. The van der Waals surface area contributed by atoms with E-state index in [-0.39, 0.29) is 0 Å². The van der Waals surface area contributed by atoms with Crippen LogP contribution in [-0.2, 0) is 6.42 Å². The monoisotopic (exact) mass is 278 g/mol. The number of hydrogen-bond acceptors (Lipinski definition) is 6. The maximum absolute atomic E-state index is 5.60. The molecule has 6 nitrogen and oxygen atoms in total. The van der Waals surface area contributed by atoms with Crippen LogP contribution in [0.4, 0.5) is 11.6 Å². The Morgan fingerprint density at radius 2 is 2.10 bits per heavy atom. The minimum atomic E-state index is 0.447. The summed E-state index contributed by atoms with van der Waals surface area (Å²) in [6.45, 7) is 9.51. The molecule has 1 aromatic heterocycles. The van der Waals surface area contributed by atoms with Gasteiger partial charge in [-0.3, -0.25) is 0 Å². The van der Waals surface area contributed by atoms with Gasteiger partial charge in [0.15, 0.2) is 0 Å². The molecule has 2 rings (SSSR count). The van der Waals surface area contributed by atoms with Gasteiger partial charge in [0.1, 0.15) is 17.5 Å². The summed E-state index contributed by atoms with van der Waals surface area (Å²) in [5, 5.41) is 0. The van der Waals surface area contributed by atoms with E-state index in [0.717, 1.165) is 55.5 Å². The molecule has 0 radical (unpaired) electrons. The van der Waals surface area contributed by atoms with E-state index in [4.69, 9.17) is 10.8 Å². The van der Waals surface area contributed by atoms with Crippen molar-refractivity contribution in [2.45, 2.75) is 39.7 Å². The van der Waals surface area contributed by atoms with Crippen molar-refractivity contribution in [1.29, 1.82) is 0 Å². The predicted octanol–water partition coefficient (Wildman–Crippen LogP) is 1.16. The highest BCUT2D eigenvalue weighted by Crippen LogP contribution is 2.26. The molecule has 1 saturated heterocycles. The van der Waals surface area contributed by atoms with Gasteiger partial charge in [-0.25, -0.2) is 15.8 Å². The Morgan fingerprint density at radius 3 is 2.70 bits per heavy atom. The topological polar surface area (TPSA) is 70.3 Å². The van der Waals surface area contributed by atoms with Crippen LogP contribution in [-0.4, -0.2) is 47.6 Å². The van der Waals surface area contributed by atoms with Gasteiger partial charge in [0, 0.05) is 37.7 Å². The van der Waals surface area contributed by atoms with Gasteiger partial charge < -0.3 is 15.2 Å². The number of aryl methyl sites for hydroxylation is 1. The number of nitrogen functional groups attached to an aromatic ring is 1. The van der Waals surface area contributed by atoms with Gasteiger partial charge in [-0.2, -0.15) is 0 Å². The Bertz CT molecular complexity index is 461. The van der Waals surface area contributed by atoms with E-state index in [9.17, 15) is 0 Å². The third-order valence-electron chi connectivity index (χ3n) is 3.88. The number of likely N-dealkylation sites (N-methyl/N-ethyl adjacent to an activating group) is 1. The van der Waals surface area contributed by atoms with Crippen LogP contribution in [0.3, 0.4) is 0 Å². The largest absolute Gasteiger partial charge is 0.351 e. The summed E-state index contributed by atoms with van der Waals surface area (Å²) in [5.74, 6) is 8.24. The molecule has 0 saturated carbocycles. The second kappa shape index (κ2) is 6.37. The minimum absolute atomic E-state index is 0.447. The molecule has 1 aliphatic heterocycles. The Hall–Kier alpha value is -1.40. The van der Waals surface area contributed by atoms with E-state index in [1.807, 2.05) is 6.92 Å². The molecule has 20 heavy (non-hydrogen) atoms. The molecule has 112 valence electrons. The maximum atomic E-state index is 5.60. The highest BCUT2D eigenvalue weighted by Gasteiger charge is 2.25. The van der Waals surface area contributed by atoms with Crippen LogP contribution in [0.2, 0.25) is 0 Å². The van der Waals surface area contributed by atoms with Crippen LogP contribution >= 0.6 is 0 Å².